The minimum Gasteiger partial charge on any atom is -0.416 e. The summed E-state index contributed by atoms with van der Waals surface area (Å²) in [5.41, 5.74) is 0. The minimum atomic E-state index is -2.14. The fourth-order valence-corrected chi connectivity index (χ4v) is 25.6. The van der Waals surface area contributed by atoms with Crippen LogP contribution in [0.2, 0.25) is 45.8 Å². The first kappa shape index (κ1) is 16.5. The molecule has 0 aromatic carbocycles. The van der Waals surface area contributed by atoms with Gasteiger partial charge in [-0.15, -0.1) is 0 Å². The summed E-state index contributed by atoms with van der Waals surface area (Å²) in [5, 5.41) is 0. The number of alkyl halides is 1. The minimum absolute atomic E-state index is 0.909. The zero-order chi connectivity index (χ0) is 13.5. The summed E-state index contributed by atoms with van der Waals surface area (Å²) in [6.45, 7) is 14.6. The molecule has 0 amide bonds. The van der Waals surface area contributed by atoms with Crippen LogP contribution in [0.5, 0.6) is 0 Å². The summed E-state index contributed by atoms with van der Waals surface area (Å²) in [4.78, 5) is 0. The maximum absolute atomic E-state index is 6.30. The van der Waals surface area contributed by atoms with Gasteiger partial charge in [0.1, 0.15) is 0 Å². The van der Waals surface area contributed by atoms with Crippen LogP contribution < -0.4 is 0 Å². The van der Waals surface area contributed by atoms with Crippen molar-refractivity contribution >= 4 is 56.8 Å². The van der Waals surface area contributed by atoms with E-state index in [0.717, 1.165) is 4.05 Å². The second kappa shape index (κ2) is 5.09. The third-order valence-corrected chi connectivity index (χ3v) is 22.0. The molecule has 1 aliphatic heterocycles. The molecule has 0 aliphatic carbocycles. The molecule has 0 aromatic rings. The van der Waals surface area contributed by atoms with E-state index in [1.54, 1.807) is 0 Å². The fraction of sp³-hybridized carbons (Fsp3) is 1.00. The lowest BCUT2D eigenvalue weighted by molar-refractivity contribution is 0.238. The number of rotatable bonds is 1. The van der Waals surface area contributed by atoms with Gasteiger partial charge in [0, 0.05) is 4.05 Å². The van der Waals surface area contributed by atoms with Gasteiger partial charge in [0.2, 0.25) is 0 Å². The van der Waals surface area contributed by atoms with Crippen molar-refractivity contribution < 1.29 is 16.5 Å². The Balaban J connectivity index is 3.02. The second-order valence-corrected chi connectivity index (χ2v) is 22.4. The van der Waals surface area contributed by atoms with Crippen LogP contribution in [0, 0.1) is 0 Å². The molecule has 0 unspecified atom stereocenters. The summed E-state index contributed by atoms with van der Waals surface area (Å²) in [7, 11) is -8.54. The Hall–Kier alpha value is 1.44. The average Bonchev–Trinajstić information content (AvgIpc) is 1.93. The summed E-state index contributed by atoms with van der Waals surface area (Å²) in [6.07, 6.45) is 0. The lowest BCUT2D eigenvalue weighted by atomic mass is 11.9. The monoisotopic (exact) mass is 422 g/mol. The zero-order valence-electron chi connectivity index (χ0n) is 11.7. The quantitative estimate of drug-likeness (QED) is 0.369. The predicted octanol–water partition coefficient (Wildman–Crippen LogP) is 3.22. The van der Waals surface area contributed by atoms with Crippen LogP contribution in [0.15, 0.2) is 0 Å². The van der Waals surface area contributed by atoms with Crippen molar-refractivity contribution in [3.63, 3.8) is 0 Å². The first-order chi connectivity index (χ1) is 7.39. The molecule has 0 spiro atoms. The van der Waals surface area contributed by atoms with E-state index in [1.807, 2.05) is 0 Å². The van der Waals surface area contributed by atoms with E-state index >= 15 is 0 Å². The van der Waals surface area contributed by atoms with E-state index in [-0.39, 0.29) is 0 Å². The molecule has 4 nitrogen and oxygen atoms in total. The van der Waals surface area contributed by atoms with Gasteiger partial charge in [0.25, 0.3) is 0 Å². The van der Waals surface area contributed by atoms with Gasteiger partial charge in [0.05, 0.1) is 0 Å². The molecule has 1 saturated heterocycles. The van der Waals surface area contributed by atoms with Crippen molar-refractivity contribution in [1.29, 1.82) is 0 Å². The van der Waals surface area contributed by atoms with Crippen LogP contribution in [0.3, 0.4) is 0 Å². The molecule has 0 radical (unpaired) electrons. The van der Waals surface area contributed by atoms with E-state index in [2.05, 4.69) is 68.4 Å². The summed E-state index contributed by atoms with van der Waals surface area (Å²) < 4.78 is 25.9. The van der Waals surface area contributed by atoms with Crippen molar-refractivity contribution in [3.05, 3.63) is 0 Å². The Morgan fingerprint density at radius 2 is 0.941 bits per heavy atom. The lowest BCUT2D eigenvalue weighted by Gasteiger charge is -2.47. The highest BCUT2D eigenvalue weighted by molar-refractivity contribution is 14.1. The van der Waals surface area contributed by atoms with E-state index < -0.39 is 34.2 Å². The molecule has 1 heterocycles. The largest absolute Gasteiger partial charge is 0.416 e. The predicted molar refractivity (Wildman–Crippen MR) is 87.3 cm³/mol. The molecule has 102 valence electrons. The molecular weight excluding hydrogens is 399 g/mol. The fourth-order valence-electron chi connectivity index (χ4n) is 2.36. The van der Waals surface area contributed by atoms with Crippen molar-refractivity contribution in [2.45, 2.75) is 45.8 Å². The molecular formula is C8H23IO4Si4. The number of halogens is 1. The maximum atomic E-state index is 6.30. The molecule has 9 heteroatoms. The number of hydrogen-bond donors (Lipinski definition) is 0. The SMILES string of the molecule is C[Si]1(C)O[Si](C)(C)O[Si](C)(CI)O[Si](C)(C)O1. The molecule has 1 fully saturated rings. The highest BCUT2D eigenvalue weighted by atomic mass is 127. The second-order valence-electron chi connectivity index (χ2n) is 5.88. The van der Waals surface area contributed by atoms with Crippen molar-refractivity contribution in [3.8, 4) is 0 Å². The van der Waals surface area contributed by atoms with Gasteiger partial charge in [-0.1, -0.05) is 22.6 Å². The molecule has 17 heavy (non-hydrogen) atoms. The first-order valence-corrected chi connectivity index (χ1v) is 18.3. The Kier molecular flexibility index (Phi) is 4.93. The molecule has 0 aromatic heterocycles. The van der Waals surface area contributed by atoms with Crippen LogP contribution in [0.1, 0.15) is 0 Å². The van der Waals surface area contributed by atoms with Gasteiger partial charge in [-0.05, 0) is 45.8 Å². The first-order valence-electron chi connectivity index (χ1n) is 5.75. The lowest BCUT2D eigenvalue weighted by Crippen LogP contribution is -2.65. The van der Waals surface area contributed by atoms with E-state index in [0.29, 0.717) is 0 Å². The maximum Gasteiger partial charge on any atom is 0.327 e. The van der Waals surface area contributed by atoms with Crippen LogP contribution in [-0.2, 0) is 16.5 Å². The average molecular weight is 423 g/mol. The molecule has 0 N–H and O–H groups in total. The standard InChI is InChI=1S/C8H23IO4Si4/c1-14(2)10-15(3,4)12-17(7,8-9)13-16(5,6)11-14/h8H2,1-7H3. The van der Waals surface area contributed by atoms with Crippen molar-refractivity contribution in [2.75, 3.05) is 4.05 Å². The third-order valence-electron chi connectivity index (χ3n) is 2.15. The number of hydrogen-bond acceptors (Lipinski definition) is 4. The van der Waals surface area contributed by atoms with Crippen LogP contribution >= 0.6 is 22.6 Å². The van der Waals surface area contributed by atoms with E-state index in [1.165, 1.54) is 0 Å². The highest BCUT2D eigenvalue weighted by Crippen LogP contribution is 2.31. The zero-order valence-corrected chi connectivity index (χ0v) is 17.9. The molecule has 1 aliphatic rings. The smallest absolute Gasteiger partial charge is 0.327 e. The Bertz CT molecular complexity index is 275. The van der Waals surface area contributed by atoms with Crippen molar-refractivity contribution in [1.82, 2.24) is 0 Å². The summed E-state index contributed by atoms with van der Waals surface area (Å²) in [5.74, 6) is 0. The molecule has 0 bridgehead atoms. The van der Waals surface area contributed by atoms with Crippen molar-refractivity contribution in [2.24, 2.45) is 0 Å². The normalized spacial score (nSPS) is 30.4. The third kappa shape index (κ3) is 5.14. The molecule has 1 rings (SSSR count). The van der Waals surface area contributed by atoms with Gasteiger partial charge < -0.3 is 16.5 Å². The van der Waals surface area contributed by atoms with Gasteiger partial charge in [-0.3, -0.25) is 0 Å². The van der Waals surface area contributed by atoms with E-state index in [9.17, 15) is 0 Å². The Morgan fingerprint density at radius 3 is 1.24 bits per heavy atom. The Morgan fingerprint density at radius 1 is 0.647 bits per heavy atom. The van der Waals surface area contributed by atoms with Gasteiger partial charge in [-0.2, -0.15) is 0 Å². The topological polar surface area (TPSA) is 36.9 Å². The highest BCUT2D eigenvalue weighted by Gasteiger charge is 2.51. The Labute approximate surface area is 123 Å². The summed E-state index contributed by atoms with van der Waals surface area (Å²) in [6, 6.07) is 0. The van der Waals surface area contributed by atoms with E-state index in [4.69, 9.17) is 16.5 Å². The van der Waals surface area contributed by atoms with Crippen LogP contribution in [0.4, 0.5) is 0 Å². The van der Waals surface area contributed by atoms with Crippen LogP contribution in [0.25, 0.3) is 0 Å². The van der Waals surface area contributed by atoms with Gasteiger partial charge >= 0.3 is 34.2 Å². The van der Waals surface area contributed by atoms with Gasteiger partial charge in [-0.25, -0.2) is 0 Å². The van der Waals surface area contributed by atoms with Gasteiger partial charge in [0.15, 0.2) is 0 Å². The summed E-state index contributed by atoms with van der Waals surface area (Å²) >= 11 is 2.35. The molecule has 0 saturated carbocycles. The molecule has 0 atom stereocenters. The van der Waals surface area contributed by atoms with Crippen LogP contribution in [-0.4, -0.2) is 38.3 Å².